The van der Waals surface area contributed by atoms with Gasteiger partial charge in [-0.05, 0) is 19.9 Å². The number of hydrogen-bond donors (Lipinski definition) is 3. The second-order valence-corrected chi connectivity index (χ2v) is 6.21. The fourth-order valence-corrected chi connectivity index (χ4v) is 2.15. The van der Waals surface area contributed by atoms with Crippen LogP contribution in [-0.2, 0) is 14.8 Å². The van der Waals surface area contributed by atoms with Crippen molar-refractivity contribution in [3.63, 3.8) is 0 Å². The maximum absolute atomic E-state index is 11.6. The number of nitrogens with one attached hydrogen (secondary N) is 2. The van der Waals surface area contributed by atoms with Gasteiger partial charge in [0.1, 0.15) is 0 Å². The molecule has 0 bridgehead atoms. The summed E-state index contributed by atoms with van der Waals surface area (Å²) in [6.07, 6.45) is 1.29. The Morgan fingerprint density at radius 3 is 2.44 bits per heavy atom. The van der Waals surface area contributed by atoms with Gasteiger partial charge in [0, 0.05) is 6.54 Å². The molecular weight excluding hydrogens is 250 g/mol. The van der Waals surface area contributed by atoms with Crippen LogP contribution in [0.25, 0.3) is 0 Å². The third kappa shape index (κ3) is 2.89. The molecule has 1 rings (SSSR count). The Morgan fingerprint density at radius 1 is 1.50 bits per heavy atom. The summed E-state index contributed by atoms with van der Waals surface area (Å²) in [7, 11) is -1.96. The highest BCUT2D eigenvalue weighted by molar-refractivity contribution is 7.89. The second kappa shape index (κ2) is 4.64. The lowest BCUT2D eigenvalue weighted by Gasteiger charge is -2.13. The Balaban J connectivity index is 2.40. The van der Waals surface area contributed by atoms with Crippen molar-refractivity contribution < 1.29 is 13.2 Å². The third-order valence-corrected chi connectivity index (χ3v) is 4.38. The van der Waals surface area contributed by atoms with Gasteiger partial charge in [-0.15, -0.1) is 0 Å². The van der Waals surface area contributed by atoms with Gasteiger partial charge in [0.25, 0.3) is 0 Å². The summed E-state index contributed by atoms with van der Waals surface area (Å²) in [6, 6.07) is 0. The molecule has 8 heteroatoms. The number of carbonyl (C=O) groups is 1. The lowest BCUT2D eigenvalue weighted by atomic mass is 10.1. The second-order valence-electron chi connectivity index (χ2n) is 3.73. The maximum atomic E-state index is 11.6. The van der Waals surface area contributed by atoms with Gasteiger partial charge in [-0.2, -0.15) is 0 Å². The Kier molecular flexibility index (Phi) is 3.87. The van der Waals surface area contributed by atoms with E-state index in [1.54, 1.807) is 0 Å². The number of amides is 1. The van der Waals surface area contributed by atoms with Gasteiger partial charge in [-0.3, -0.25) is 4.79 Å². The molecule has 16 heavy (non-hydrogen) atoms. The Morgan fingerprint density at radius 2 is 2.06 bits per heavy atom. The highest BCUT2D eigenvalue weighted by Crippen LogP contribution is 2.46. The van der Waals surface area contributed by atoms with E-state index in [4.69, 9.17) is 18.0 Å². The number of rotatable bonds is 6. The van der Waals surface area contributed by atoms with E-state index in [0.29, 0.717) is 12.8 Å². The molecule has 0 spiro atoms. The van der Waals surface area contributed by atoms with Crippen LogP contribution in [0.1, 0.15) is 12.8 Å². The smallest absolute Gasteiger partial charge is 0.233 e. The SMILES string of the molecule is CNS(=O)(=O)CCNC(=O)C1(C(N)=S)CC1. The van der Waals surface area contributed by atoms with Crippen LogP contribution in [0.5, 0.6) is 0 Å². The van der Waals surface area contributed by atoms with Crippen LogP contribution < -0.4 is 15.8 Å². The molecule has 0 saturated heterocycles. The lowest BCUT2D eigenvalue weighted by Crippen LogP contribution is -2.42. The lowest BCUT2D eigenvalue weighted by molar-refractivity contribution is -0.123. The van der Waals surface area contributed by atoms with E-state index in [1.807, 2.05) is 0 Å². The maximum Gasteiger partial charge on any atom is 0.233 e. The molecule has 0 aromatic heterocycles. The molecule has 1 aliphatic rings. The molecule has 1 fully saturated rings. The van der Waals surface area contributed by atoms with Crippen molar-refractivity contribution in [2.75, 3.05) is 19.3 Å². The molecular formula is C8H15N3O3S2. The van der Waals surface area contributed by atoms with Gasteiger partial charge < -0.3 is 11.1 Å². The molecule has 1 amide bonds. The molecule has 0 unspecified atom stereocenters. The predicted molar refractivity (Wildman–Crippen MR) is 64.3 cm³/mol. The fraction of sp³-hybridized carbons (Fsp3) is 0.750. The first-order valence-corrected chi connectivity index (χ1v) is 6.89. The van der Waals surface area contributed by atoms with Crippen molar-refractivity contribution in [3.8, 4) is 0 Å². The summed E-state index contributed by atoms with van der Waals surface area (Å²) in [5.41, 5.74) is 4.73. The molecule has 1 saturated carbocycles. The quantitative estimate of drug-likeness (QED) is 0.519. The Labute approximate surface area is 100 Å². The zero-order valence-corrected chi connectivity index (χ0v) is 10.6. The predicted octanol–water partition coefficient (Wildman–Crippen LogP) is -1.28. The molecule has 92 valence electrons. The van der Waals surface area contributed by atoms with Crippen LogP contribution in [-0.4, -0.2) is 38.7 Å². The monoisotopic (exact) mass is 265 g/mol. The first-order chi connectivity index (χ1) is 7.34. The molecule has 0 aromatic rings. The van der Waals surface area contributed by atoms with Crippen molar-refractivity contribution in [3.05, 3.63) is 0 Å². The standard InChI is InChI=1S/C8H15N3O3S2/c1-10-16(13,14)5-4-11-7(12)8(2-3-8)6(9)15/h10H,2-5H2,1H3,(H2,9,15)(H,11,12). The number of carbonyl (C=O) groups excluding carboxylic acids is 1. The van der Waals surface area contributed by atoms with Crippen LogP contribution in [0.2, 0.25) is 0 Å². The largest absolute Gasteiger partial charge is 0.392 e. The third-order valence-electron chi connectivity index (χ3n) is 2.62. The highest BCUT2D eigenvalue weighted by Gasteiger charge is 2.52. The van der Waals surface area contributed by atoms with E-state index < -0.39 is 15.4 Å². The van der Waals surface area contributed by atoms with Crippen LogP contribution in [0.15, 0.2) is 0 Å². The zero-order valence-electron chi connectivity index (χ0n) is 8.95. The zero-order chi connectivity index (χ0) is 12.4. The van der Waals surface area contributed by atoms with Crippen LogP contribution >= 0.6 is 12.2 Å². The van der Waals surface area contributed by atoms with E-state index in [2.05, 4.69) is 10.0 Å². The minimum Gasteiger partial charge on any atom is -0.392 e. The molecule has 1 aliphatic carbocycles. The molecule has 0 aliphatic heterocycles. The average Bonchev–Trinajstić information content (AvgIpc) is 2.98. The fourth-order valence-electron chi connectivity index (χ4n) is 1.28. The minimum atomic E-state index is -3.29. The van der Waals surface area contributed by atoms with Crippen LogP contribution in [0.3, 0.4) is 0 Å². The summed E-state index contributed by atoms with van der Waals surface area (Å²) < 4.78 is 24.3. The van der Waals surface area contributed by atoms with Crippen LogP contribution in [0, 0.1) is 5.41 Å². The van der Waals surface area contributed by atoms with Crippen molar-refractivity contribution in [1.29, 1.82) is 0 Å². The molecule has 0 radical (unpaired) electrons. The van der Waals surface area contributed by atoms with Crippen molar-refractivity contribution >= 4 is 33.1 Å². The summed E-state index contributed by atoms with van der Waals surface area (Å²) in [5, 5.41) is 2.53. The molecule has 4 N–H and O–H groups in total. The number of thiocarbonyl (C=S) groups is 1. The Bertz CT molecular complexity index is 401. The van der Waals surface area contributed by atoms with Gasteiger partial charge in [0.15, 0.2) is 0 Å². The number of nitrogens with two attached hydrogens (primary N) is 1. The van der Waals surface area contributed by atoms with Gasteiger partial charge in [-0.25, -0.2) is 13.1 Å². The summed E-state index contributed by atoms with van der Waals surface area (Å²) in [4.78, 5) is 11.8. The summed E-state index contributed by atoms with van der Waals surface area (Å²) in [5.74, 6) is -0.422. The average molecular weight is 265 g/mol. The normalized spacial score (nSPS) is 17.8. The van der Waals surface area contributed by atoms with E-state index in [-0.39, 0.29) is 23.2 Å². The van der Waals surface area contributed by atoms with E-state index in [0.717, 1.165) is 0 Å². The molecule has 0 heterocycles. The van der Waals surface area contributed by atoms with Gasteiger partial charge >= 0.3 is 0 Å². The van der Waals surface area contributed by atoms with E-state index in [1.165, 1.54) is 7.05 Å². The highest BCUT2D eigenvalue weighted by atomic mass is 32.2. The van der Waals surface area contributed by atoms with E-state index >= 15 is 0 Å². The molecule has 6 nitrogen and oxygen atoms in total. The van der Waals surface area contributed by atoms with Crippen molar-refractivity contribution in [2.45, 2.75) is 12.8 Å². The first-order valence-electron chi connectivity index (χ1n) is 4.83. The van der Waals surface area contributed by atoms with Crippen molar-refractivity contribution in [1.82, 2.24) is 10.0 Å². The minimum absolute atomic E-state index is 0.0619. The van der Waals surface area contributed by atoms with Gasteiger partial charge in [0.2, 0.25) is 15.9 Å². The van der Waals surface area contributed by atoms with E-state index in [9.17, 15) is 13.2 Å². The molecule has 0 aromatic carbocycles. The topological polar surface area (TPSA) is 101 Å². The summed E-state index contributed by atoms with van der Waals surface area (Å²) >= 11 is 4.80. The number of hydrogen-bond acceptors (Lipinski definition) is 4. The van der Waals surface area contributed by atoms with Gasteiger partial charge in [-0.1, -0.05) is 12.2 Å². The van der Waals surface area contributed by atoms with Crippen molar-refractivity contribution in [2.24, 2.45) is 11.1 Å². The van der Waals surface area contributed by atoms with Crippen LogP contribution in [0.4, 0.5) is 0 Å². The summed E-state index contributed by atoms with van der Waals surface area (Å²) in [6.45, 7) is 0.0619. The molecule has 0 atom stereocenters. The number of sulfonamides is 1. The first kappa shape index (κ1) is 13.3. The Hall–Kier alpha value is -0.730. The van der Waals surface area contributed by atoms with Gasteiger partial charge in [0.05, 0.1) is 16.2 Å².